The second kappa shape index (κ2) is 13.5. The molecule has 0 saturated carbocycles. The molecule has 0 atom stereocenters. The normalized spacial score (nSPS) is 16.9. The first kappa shape index (κ1) is 35.6. The van der Waals surface area contributed by atoms with Gasteiger partial charge in [0.25, 0.3) is 0 Å². The molecule has 51 heavy (non-hydrogen) atoms. The minimum Gasteiger partial charge on any atom is -0.481 e. The van der Waals surface area contributed by atoms with Crippen LogP contribution in [0.25, 0.3) is 21.5 Å². The monoisotopic (exact) mass is 680 g/mol. The van der Waals surface area contributed by atoms with E-state index in [4.69, 9.17) is 0 Å². The quantitative estimate of drug-likeness (QED) is 0.0995. The molecule has 262 valence electrons. The topological polar surface area (TPSA) is 72.7 Å². The maximum Gasteiger partial charge on any atom is 0.305 e. The molecule has 0 aromatic heterocycles. The Kier molecular flexibility index (Phi) is 9.43. The van der Waals surface area contributed by atoms with E-state index in [-0.39, 0.29) is 28.6 Å². The Labute approximate surface area is 302 Å². The summed E-state index contributed by atoms with van der Waals surface area (Å²) in [7, 11) is 1.68. The molecule has 2 aliphatic heterocycles. The van der Waals surface area contributed by atoms with Gasteiger partial charge in [-0.25, -0.2) is 0 Å². The van der Waals surface area contributed by atoms with Crippen LogP contribution in [0.5, 0.6) is 0 Å². The van der Waals surface area contributed by atoms with Crippen LogP contribution in [0.4, 0.5) is 11.4 Å². The molecule has 6 nitrogen and oxygen atoms in total. The van der Waals surface area contributed by atoms with Gasteiger partial charge >= 0.3 is 5.97 Å². The van der Waals surface area contributed by atoms with Gasteiger partial charge in [-0.2, -0.15) is 4.58 Å². The molecule has 2 N–H and O–H groups in total. The van der Waals surface area contributed by atoms with Gasteiger partial charge in [0, 0.05) is 53.5 Å². The van der Waals surface area contributed by atoms with Crippen LogP contribution in [-0.2, 0) is 20.4 Å². The summed E-state index contributed by atoms with van der Waals surface area (Å²) < 4.78 is 2.30. The Morgan fingerprint density at radius 1 is 0.882 bits per heavy atom. The molecule has 6 rings (SSSR count). The summed E-state index contributed by atoms with van der Waals surface area (Å²) in [5.41, 5.74) is 10.5. The van der Waals surface area contributed by atoms with Gasteiger partial charge in [0.05, 0.1) is 18.3 Å². The predicted octanol–water partition coefficient (Wildman–Crippen LogP) is 9.35. The van der Waals surface area contributed by atoms with Gasteiger partial charge in [0.15, 0.2) is 12.3 Å². The number of fused-ring (bicyclic) bond motifs is 6. The second-order valence-electron chi connectivity index (χ2n) is 15.5. The molecule has 0 unspecified atom stereocenters. The number of nitrogens with one attached hydrogen (secondary N) is 1. The first-order valence-electron chi connectivity index (χ1n) is 17.9. The van der Waals surface area contributed by atoms with Crippen molar-refractivity contribution in [3.05, 3.63) is 125 Å². The lowest BCUT2D eigenvalue weighted by molar-refractivity contribution is -0.436. The predicted molar refractivity (Wildman–Crippen MR) is 210 cm³/mol. The van der Waals surface area contributed by atoms with E-state index < -0.39 is 5.97 Å². The van der Waals surface area contributed by atoms with Crippen LogP contribution < -0.4 is 10.2 Å². The molecule has 2 aliphatic rings. The van der Waals surface area contributed by atoms with E-state index in [9.17, 15) is 14.7 Å². The van der Waals surface area contributed by atoms with E-state index in [1.54, 1.807) is 7.05 Å². The molecule has 6 heteroatoms. The third-order valence-electron chi connectivity index (χ3n) is 10.6. The van der Waals surface area contributed by atoms with Crippen LogP contribution in [0, 0.1) is 5.41 Å². The molecule has 1 amide bonds. The fourth-order valence-electron chi connectivity index (χ4n) is 8.00. The van der Waals surface area contributed by atoms with E-state index in [0.29, 0.717) is 19.5 Å². The lowest BCUT2D eigenvalue weighted by atomic mass is 9.78. The summed E-state index contributed by atoms with van der Waals surface area (Å²) >= 11 is 0. The molecule has 4 aromatic carbocycles. The van der Waals surface area contributed by atoms with Crippen molar-refractivity contribution in [2.45, 2.75) is 72.1 Å². The number of carbonyl (C=O) groups excluding carboxylic acids is 1. The average Bonchev–Trinajstić information content (AvgIpc) is 3.45. The summed E-state index contributed by atoms with van der Waals surface area (Å²) in [6, 6.07) is 25.6. The van der Waals surface area contributed by atoms with Gasteiger partial charge in [-0.15, -0.1) is 5.73 Å². The fourth-order valence-corrected chi connectivity index (χ4v) is 8.00. The molecule has 0 fully saturated rings. The van der Waals surface area contributed by atoms with Crippen molar-refractivity contribution in [2.75, 3.05) is 25.0 Å². The van der Waals surface area contributed by atoms with Gasteiger partial charge in [-0.05, 0) is 77.7 Å². The highest BCUT2D eigenvalue weighted by atomic mass is 16.4. The van der Waals surface area contributed by atoms with Crippen LogP contribution >= 0.6 is 0 Å². The van der Waals surface area contributed by atoms with Crippen molar-refractivity contribution in [2.24, 2.45) is 5.41 Å². The highest BCUT2D eigenvalue weighted by Crippen LogP contribution is 2.52. The number of carboxylic acid groups (broad SMARTS) is 1. The van der Waals surface area contributed by atoms with Crippen molar-refractivity contribution in [3.63, 3.8) is 0 Å². The Bertz CT molecular complexity index is 2220. The SMILES string of the molecule is CNC(=O)CC[N+]1=C(/C=C/C(C)=C=CC(C)(C)/C=C2/N(CCC(=O)O)c3ccc4ccccc4c3C2(C)C)C(C)(C)c2c1ccc1ccccc21. The Hall–Kier alpha value is -5.19. The number of nitrogens with zero attached hydrogens (tertiary/aromatic N) is 2. The highest BCUT2D eigenvalue weighted by Gasteiger charge is 2.46. The van der Waals surface area contributed by atoms with E-state index >= 15 is 0 Å². The van der Waals surface area contributed by atoms with Gasteiger partial charge in [-0.3, -0.25) is 9.59 Å². The molecular formula is C45H50N3O3+. The van der Waals surface area contributed by atoms with Crippen molar-refractivity contribution in [1.29, 1.82) is 0 Å². The minimum atomic E-state index is -0.808. The third kappa shape index (κ3) is 6.69. The number of benzene rings is 4. The van der Waals surface area contributed by atoms with Crippen LogP contribution in [0.2, 0.25) is 0 Å². The summed E-state index contributed by atoms with van der Waals surface area (Å²) in [6.45, 7) is 16.4. The zero-order valence-electron chi connectivity index (χ0n) is 31.2. The summed E-state index contributed by atoms with van der Waals surface area (Å²) in [5, 5.41) is 17.2. The smallest absolute Gasteiger partial charge is 0.305 e. The minimum absolute atomic E-state index is 0.0176. The number of carboxylic acids is 1. The number of carbonyl (C=O) groups is 2. The van der Waals surface area contributed by atoms with E-state index in [1.807, 2.05) is 0 Å². The van der Waals surface area contributed by atoms with Crippen LogP contribution in [0.3, 0.4) is 0 Å². The first-order valence-corrected chi connectivity index (χ1v) is 17.9. The summed E-state index contributed by atoms with van der Waals surface area (Å²) in [6.07, 6.45) is 9.16. The molecule has 0 radical (unpaired) electrons. The van der Waals surface area contributed by atoms with Crippen molar-refractivity contribution in [1.82, 2.24) is 5.32 Å². The molecule has 0 bridgehead atoms. The number of allylic oxidation sites excluding steroid dienone is 5. The number of aliphatic carboxylic acids is 1. The third-order valence-corrected chi connectivity index (χ3v) is 10.6. The number of rotatable bonds is 10. The Balaban J connectivity index is 1.37. The fraction of sp³-hybridized carbons (Fsp3) is 0.333. The summed E-state index contributed by atoms with van der Waals surface area (Å²) in [4.78, 5) is 26.3. The van der Waals surface area contributed by atoms with Gasteiger partial charge in [-0.1, -0.05) is 88.4 Å². The molecule has 0 spiro atoms. The molecule has 2 heterocycles. The lowest BCUT2D eigenvalue weighted by Crippen LogP contribution is -2.29. The first-order chi connectivity index (χ1) is 24.2. The number of anilines is 1. The van der Waals surface area contributed by atoms with Gasteiger partial charge in [0.2, 0.25) is 11.6 Å². The molecule has 0 saturated heterocycles. The van der Waals surface area contributed by atoms with Gasteiger partial charge < -0.3 is 15.3 Å². The standard InChI is InChI=1S/C45H49N3O3/c1-30(17-22-37-44(4,5)41-33-15-11-9-13-31(33)18-20-35(41)47(37)27-24-39(49)46-8)23-26-43(2,3)29-38-45(6,7)42-34-16-12-10-14-32(34)19-21-36(42)48(38)28-25-40(50)51/h9-22,26,29H,24-25,27-28H2,1-8H3,(H-,46,49,50,51)/p+1/b22-17+,38-29+. The van der Waals surface area contributed by atoms with Crippen LogP contribution in [-0.4, -0.2) is 47.4 Å². The largest absolute Gasteiger partial charge is 0.481 e. The van der Waals surface area contributed by atoms with Crippen LogP contribution in [0.15, 0.2) is 114 Å². The Morgan fingerprint density at radius 3 is 2.16 bits per heavy atom. The zero-order valence-corrected chi connectivity index (χ0v) is 31.2. The van der Waals surface area contributed by atoms with E-state index in [2.05, 4.69) is 166 Å². The maximum absolute atomic E-state index is 12.4. The van der Waals surface area contributed by atoms with Crippen LogP contribution in [0.1, 0.15) is 72.4 Å². The van der Waals surface area contributed by atoms with Crippen molar-refractivity contribution < 1.29 is 19.3 Å². The van der Waals surface area contributed by atoms with E-state index in [1.165, 1.54) is 32.7 Å². The lowest BCUT2D eigenvalue weighted by Gasteiger charge is -2.30. The number of hydrogen-bond donors (Lipinski definition) is 2. The molecular weight excluding hydrogens is 631 g/mol. The maximum atomic E-state index is 12.4. The summed E-state index contributed by atoms with van der Waals surface area (Å²) in [5.74, 6) is -0.790. The van der Waals surface area contributed by atoms with Crippen molar-refractivity contribution in [3.8, 4) is 0 Å². The molecule has 0 aliphatic carbocycles. The van der Waals surface area contributed by atoms with Gasteiger partial charge in [0.1, 0.15) is 0 Å². The second-order valence-corrected chi connectivity index (χ2v) is 15.5. The average molecular weight is 681 g/mol. The number of hydrogen-bond acceptors (Lipinski definition) is 3. The highest BCUT2D eigenvalue weighted by molar-refractivity contribution is 6.07. The van der Waals surface area contributed by atoms with E-state index in [0.717, 1.165) is 28.4 Å². The number of amides is 1. The zero-order chi connectivity index (χ0) is 36.7. The van der Waals surface area contributed by atoms with Crippen molar-refractivity contribution >= 4 is 50.5 Å². The molecule has 4 aromatic rings. The Morgan fingerprint density at radius 2 is 1.51 bits per heavy atom.